The maximum Gasteiger partial charge on any atom is 0.255 e. The standard InChI is InChI=1S/C15H14ClNOS/c1-10-13(16)4-3-5-14(10)17-15(18)11-6-8-12(19-2)9-7-11/h3-9H,1-2H3,(H,17,18). The fourth-order valence-electron chi connectivity index (χ4n) is 1.68. The molecule has 4 heteroatoms. The van der Waals surface area contributed by atoms with Crippen molar-refractivity contribution in [2.75, 3.05) is 11.6 Å². The Bertz CT molecular complexity index is 596. The van der Waals surface area contributed by atoms with E-state index in [0.717, 1.165) is 16.1 Å². The number of anilines is 1. The normalized spacial score (nSPS) is 10.3. The van der Waals surface area contributed by atoms with E-state index in [9.17, 15) is 4.79 Å². The Balaban J connectivity index is 2.18. The molecule has 0 aliphatic heterocycles. The van der Waals surface area contributed by atoms with Gasteiger partial charge in [0.15, 0.2) is 0 Å². The number of hydrogen-bond donors (Lipinski definition) is 1. The minimum Gasteiger partial charge on any atom is -0.322 e. The predicted octanol–water partition coefficient (Wildman–Crippen LogP) is 4.62. The van der Waals surface area contributed by atoms with Crippen molar-refractivity contribution in [3.8, 4) is 0 Å². The largest absolute Gasteiger partial charge is 0.322 e. The number of benzene rings is 2. The molecule has 98 valence electrons. The van der Waals surface area contributed by atoms with Gasteiger partial charge in [-0.05, 0) is 55.1 Å². The van der Waals surface area contributed by atoms with Gasteiger partial charge >= 0.3 is 0 Å². The molecule has 0 fully saturated rings. The van der Waals surface area contributed by atoms with Crippen molar-refractivity contribution >= 4 is 35.0 Å². The first-order valence-corrected chi connectivity index (χ1v) is 7.42. The van der Waals surface area contributed by atoms with Crippen LogP contribution in [0.25, 0.3) is 0 Å². The maximum absolute atomic E-state index is 12.1. The third kappa shape index (κ3) is 3.31. The summed E-state index contributed by atoms with van der Waals surface area (Å²) in [6.07, 6.45) is 2.00. The number of carbonyl (C=O) groups is 1. The van der Waals surface area contributed by atoms with Gasteiger partial charge in [-0.3, -0.25) is 4.79 Å². The first-order chi connectivity index (χ1) is 9.11. The van der Waals surface area contributed by atoms with E-state index < -0.39 is 0 Å². The monoisotopic (exact) mass is 291 g/mol. The van der Waals surface area contributed by atoms with E-state index in [2.05, 4.69) is 5.32 Å². The van der Waals surface area contributed by atoms with Gasteiger partial charge in [0.25, 0.3) is 5.91 Å². The lowest BCUT2D eigenvalue weighted by atomic mass is 10.1. The highest BCUT2D eigenvalue weighted by Gasteiger charge is 2.08. The van der Waals surface area contributed by atoms with E-state index in [0.29, 0.717) is 10.6 Å². The first-order valence-electron chi connectivity index (χ1n) is 5.82. The zero-order chi connectivity index (χ0) is 13.8. The molecular formula is C15H14ClNOS. The van der Waals surface area contributed by atoms with Gasteiger partial charge in [-0.15, -0.1) is 11.8 Å². The minimum absolute atomic E-state index is 0.127. The molecular weight excluding hydrogens is 278 g/mol. The molecule has 2 nitrogen and oxygen atoms in total. The van der Waals surface area contributed by atoms with E-state index >= 15 is 0 Å². The predicted molar refractivity (Wildman–Crippen MR) is 82.4 cm³/mol. The number of nitrogens with one attached hydrogen (secondary N) is 1. The average molecular weight is 292 g/mol. The smallest absolute Gasteiger partial charge is 0.255 e. The molecule has 0 saturated heterocycles. The fraction of sp³-hybridized carbons (Fsp3) is 0.133. The Hall–Kier alpha value is -1.45. The van der Waals surface area contributed by atoms with Crippen LogP contribution in [0.1, 0.15) is 15.9 Å². The molecule has 2 aromatic rings. The third-order valence-corrected chi connectivity index (χ3v) is 4.02. The molecule has 0 aliphatic carbocycles. The van der Waals surface area contributed by atoms with Gasteiger partial charge in [0.1, 0.15) is 0 Å². The van der Waals surface area contributed by atoms with Gasteiger partial charge in [-0.25, -0.2) is 0 Å². The molecule has 0 radical (unpaired) electrons. The second kappa shape index (κ2) is 6.13. The summed E-state index contributed by atoms with van der Waals surface area (Å²) < 4.78 is 0. The molecule has 0 bridgehead atoms. The van der Waals surface area contributed by atoms with Gasteiger partial charge in [-0.1, -0.05) is 17.7 Å². The van der Waals surface area contributed by atoms with Crippen LogP contribution in [0.4, 0.5) is 5.69 Å². The molecule has 2 aromatic carbocycles. The zero-order valence-corrected chi connectivity index (χ0v) is 12.3. The van der Waals surface area contributed by atoms with Gasteiger partial charge in [0.2, 0.25) is 0 Å². The minimum atomic E-state index is -0.127. The van der Waals surface area contributed by atoms with Crippen LogP contribution < -0.4 is 5.32 Å². The van der Waals surface area contributed by atoms with Crippen molar-refractivity contribution in [1.82, 2.24) is 0 Å². The topological polar surface area (TPSA) is 29.1 Å². The molecule has 1 amide bonds. The second-order valence-electron chi connectivity index (χ2n) is 4.10. The second-order valence-corrected chi connectivity index (χ2v) is 5.38. The first kappa shape index (κ1) is 14.0. The zero-order valence-electron chi connectivity index (χ0n) is 10.7. The van der Waals surface area contributed by atoms with Crippen LogP contribution in [0.3, 0.4) is 0 Å². The summed E-state index contributed by atoms with van der Waals surface area (Å²) in [5, 5.41) is 3.52. The van der Waals surface area contributed by atoms with Crippen molar-refractivity contribution in [1.29, 1.82) is 0 Å². The van der Waals surface area contributed by atoms with Crippen LogP contribution in [0, 0.1) is 6.92 Å². The average Bonchev–Trinajstić information content (AvgIpc) is 2.44. The number of thioether (sulfide) groups is 1. The Labute approximate surface area is 122 Å². The van der Waals surface area contributed by atoms with Crippen molar-refractivity contribution in [2.45, 2.75) is 11.8 Å². The summed E-state index contributed by atoms with van der Waals surface area (Å²) in [6, 6.07) is 13.0. The highest BCUT2D eigenvalue weighted by Crippen LogP contribution is 2.23. The Morgan fingerprint density at radius 1 is 1.16 bits per heavy atom. The lowest BCUT2D eigenvalue weighted by Gasteiger charge is -2.09. The van der Waals surface area contributed by atoms with Gasteiger partial charge < -0.3 is 5.32 Å². The fourth-order valence-corrected chi connectivity index (χ4v) is 2.26. The quantitative estimate of drug-likeness (QED) is 0.836. The molecule has 2 rings (SSSR count). The third-order valence-electron chi connectivity index (χ3n) is 2.87. The Kier molecular flexibility index (Phi) is 4.51. The lowest BCUT2D eigenvalue weighted by Crippen LogP contribution is -2.12. The van der Waals surface area contributed by atoms with Crippen molar-refractivity contribution in [3.63, 3.8) is 0 Å². The number of hydrogen-bond acceptors (Lipinski definition) is 2. The van der Waals surface area contributed by atoms with Crippen LogP contribution in [0.2, 0.25) is 5.02 Å². The van der Waals surface area contributed by atoms with E-state index in [1.54, 1.807) is 17.8 Å². The molecule has 0 spiro atoms. The molecule has 0 aromatic heterocycles. The Morgan fingerprint density at radius 2 is 1.84 bits per heavy atom. The van der Waals surface area contributed by atoms with Crippen LogP contribution in [-0.2, 0) is 0 Å². The van der Waals surface area contributed by atoms with Crippen molar-refractivity contribution < 1.29 is 4.79 Å². The van der Waals surface area contributed by atoms with Crippen molar-refractivity contribution in [2.24, 2.45) is 0 Å². The highest BCUT2D eigenvalue weighted by atomic mass is 35.5. The van der Waals surface area contributed by atoms with Crippen LogP contribution in [-0.4, -0.2) is 12.2 Å². The summed E-state index contributed by atoms with van der Waals surface area (Å²) in [7, 11) is 0. The van der Waals surface area contributed by atoms with E-state index in [4.69, 9.17) is 11.6 Å². The van der Waals surface area contributed by atoms with Gasteiger partial charge in [0.05, 0.1) is 0 Å². The Morgan fingerprint density at radius 3 is 2.47 bits per heavy atom. The molecule has 0 saturated carbocycles. The van der Waals surface area contributed by atoms with Crippen LogP contribution >= 0.6 is 23.4 Å². The van der Waals surface area contributed by atoms with Crippen LogP contribution in [0.5, 0.6) is 0 Å². The maximum atomic E-state index is 12.1. The summed E-state index contributed by atoms with van der Waals surface area (Å²) in [6.45, 7) is 1.88. The number of halogens is 1. The SMILES string of the molecule is CSc1ccc(C(=O)Nc2cccc(Cl)c2C)cc1. The van der Waals surface area contributed by atoms with E-state index in [1.165, 1.54) is 0 Å². The molecule has 0 atom stereocenters. The number of rotatable bonds is 3. The lowest BCUT2D eigenvalue weighted by molar-refractivity contribution is 0.102. The van der Waals surface area contributed by atoms with E-state index in [-0.39, 0.29) is 5.91 Å². The molecule has 0 unspecified atom stereocenters. The van der Waals surface area contributed by atoms with E-state index in [1.807, 2.05) is 49.6 Å². The summed E-state index contributed by atoms with van der Waals surface area (Å²) in [5.41, 5.74) is 2.25. The number of carbonyl (C=O) groups excluding carboxylic acids is 1. The molecule has 0 heterocycles. The number of amides is 1. The van der Waals surface area contributed by atoms with Gasteiger partial charge in [0, 0.05) is 21.2 Å². The summed E-state index contributed by atoms with van der Waals surface area (Å²) in [4.78, 5) is 13.3. The summed E-state index contributed by atoms with van der Waals surface area (Å²) in [5.74, 6) is -0.127. The highest BCUT2D eigenvalue weighted by molar-refractivity contribution is 7.98. The summed E-state index contributed by atoms with van der Waals surface area (Å²) >= 11 is 7.68. The molecule has 19 heavy (non-hydrogen) atoms. The molecule has 0 aliphatic rings. The van der Waals surface area contributed by atoms with Crippen molar-refractivity contribution in [3.05, 3.63) is 58.6 Å². The van der Waals surface area contributed by atoms with Gasteiger partial charge in [-0.2, -0.15) is 0 Å². The van der Waals surface area contributed by atoms with Crippen LogP contribution in [0.15, 0.2) is 47.4 Å². The molecule has 1 N–H and O–H groups in total.